The summed E-state index contributed by atoms with van der Waals surface area (Å²) in [5, 5.41) is 9.98. The van der Waals surface area contributed by atoms with E-state index >= 15 is 0 Å². The van der Waals surface area contributed by atoms with Crippen LogP contribution in [-0.2, 0) is 0 Å². The van der Waals surface area contributed by atoms with Crippen LogP contribution in [0.3, 0.4) is 0 Å². The predicted octanol–water partition coefficient (Wildman–Crippen LogP) is 4.44. The van der Waals surface area contributed by atoms with E-state index in [1.54, 1.807) is 23.1 Å². The minimum atomic E-state index is -0.161. The first-order valence-corrected chi connectivity index (χ1v) is 8.06. The lowest BCUT2D eigenvalue weighted by Gasteiger charge is -2.23. The van der Waals surface area contributed by atoms with E-state index in [1.165, 1.54) is 0 Å². The number of carbonyl (C=O) groups excluding carboxylic acids is 1. The molecule has 0 aliphatic rings. The molecule has 0 aliphatic carbocycles. The van der Waals surface area contributed by atoms with Crippen molar-refractivity contribution in [1.29, 1.82) is 0 Å². The highest BCUT2D eigenvalue weighted by Crippen LogP contribution is 2.24. The summed E-state index contributed by atoms with van der Waals surface area (Å²) in [6, 6.07) is 14.7. The third-order valence-corrected chi connectivity index (χ3v) is 3.91. The number of para-hydroxylation sites is 1. The molecule has 4 heteroatoms. The van der Waals surface area contributed by atoms with Crippen molar-refractivity contribution in [2.24, 2.45) is 0 Å². The third kappa shape index (κ3) is 3.97. The highest BCUT2D eigenvalue weighted by atomic mass is 127. The molecule has 0 radical (unpaired) electrons. The summed E-state index contributed by atoms with van der Waals surface area (Å²) in [7, 11) is 0. The van der Waals surface area contributed by atoms with E-state index < -0.39 is 0 Å². The number of anilines is 1. The van der Waals surface area contributed by atoms with E-state index in [2.05, 4.69) is 29.5 Å². The Morgan fingerprint density at radius 1 is 1.19 bits per heavy atom. The molecule has 0 aliphatic heterocycles. The Morgan fingerprint density at radius 3 is 2.57 bits per heavy atom. The van der Waals surface area contributed by atoms with Crippen LogP contribution in [0.5, 0.6) is 5.75 Å². The second-order valence-electron chi connectivity index (χ2n) is 4.81. The Morgan fingerprint density at radius 2 is 1.90 bits per heavy atom. The quantitative estimate of drug-likeness (QED) is 0.761. The number of hydrogen-bond donors (Lipinski definition) is 1. The Kier molecular flexibility index (Phi) is 5.61. The number of rotatable bonds is 5. The lowest BCUT2D eigenvalue weighted by molar-refractivity contribution is 0.0984. The zero-order valence-electron chi connectivity index (χ0n) is 11.9. The number of hydrogen-bond acceptors (Lipinski definition) is 2. The second kappa shape index (κ2) is 7.45. The van der Waals surface area contributed by atoms with Gasteiger partial charge in [-0.15, -0.1) is 0 Å². The molecular formula is C17H18INO2. The molecule has 110 valence electrons. The third-order valence-electron chi connectivity index (χ3n) is 3.24. The summed E-state index contributed by atoms with van der Waals surface area (Å²) in [6.07, 6.45) is 1.93. The lowest BCUT2D eigenvalue weighted by atomic mass is 10.1. The number of amides is 1. The molecule has 2 aromatic rings. The first-order chi connectivity index (χ1) is 10.1. The van der Waals surface area contributed by atoms with Crippen LogP contribution in [0.25, 0.3) is 0 Å². The molecule has 1 amide bonds. The van der Waals surface area contributed by atoms with Crippen LogP contribution in [0.15, 0.2) is 48.5 Å². The van der Waals surface area contributed by atoms with Gasteiger partial charge in [0.2, 0.25) is 0 Å². The number of nitrogens with zero attached hydrogens (tertiary/aromatic N) is 1. The molecule has 3 nitrogen and oxygen atoms in total. The molecular weight excluding hydrogens is 377 g/mol. The number of phenolic OH excluding ortho intramolecular Hbond substituents is 1. The van der Waals surface area contributed by atoms with Crippen molar-refractivity contribution in [3.63, 3.8) is 0 Å². The van der Waals surface area contributed by atoms with Gasteiger partial charge in [0.05, 0.1) is 5.56 Å². The minimum Gasteiger partial charge on any atom is -0.507 e. The van der Waals surface area contributed by atoms with Crippen LogP contribution < -0.4 is 4.90 Å². The maximum atomic E-state index is 12.8. The topological polar surface area (TPSA) is 40.5 Å². The van der Waals surface area contributed by atoms with Crippen molar-refractivity contribution in [3.05, 3.63) is 57.7 Å². The summed E-state index contributed by atoms with van der Waals surface area (Å²) >= 11 is 2.14. The van der Waals surface area contributed by atoms with Gasteiger partial charge in [-0.1, -0.05) is 31.5 Å². The van der Waals surface area contributed by atoms with Crippen molar-refractivity contribution in [1.82, 2.24) is 0 Å². The Balaban J connectivity index is 2.36. The molecule has 0 bridgehead atoms. The highest BCUT2D eigenvalue weighted by Gasteiger charge is 2.20. The Hall–Kier alpha value is -1.56. The molecule has 0 saturated heterocycles. The second-order valence-corrected chi connectivity index (χ2v) is 6.05. The first-order valence-electron chi connectivity index (χ1n) is 6.99. The summed E-state index contributed by atoms with van der Waals surface area (Å²) in [6.45, 7) is 2.74. The Labute approximate surface area is 138 Å². The standard InChI is InChI=1S/C17H18INO2/c1-2-3-11-19(14-7-5-4-6-8-14)17(21)15-12-13(18)9-10-16(15)20/h4-10,12,20H,2-3,11H2,1H3. The molecule has 2 aromatic carbocycles. The fraction of sp³-hybridized carbons (Fsp3) is 0.235. The molecule has 0 atom stereocenters. The zero-order valence-corrected chi connectivity index (χ0v) is 14.1. The molecule has 0 aromatic heterocycles. The molecule has 2 rings (SSSR count). The van der Waals surface area contributed by atoms with Gasteiger partial charge in [0.1, 0.15) is 5.75 Å². The van der Waals surface area contributed by atoms with Gasteiger partial charge < -0.3 is 10.0 Å². The van der Waals surface area contributed by atoms with Crippen LogP contribution in [0.1, 0.15) is 30.1 Å². The van der Waals surface area contributed by atoms with Crippen molar-refractivity contribution in [2.75, 3.05) is 11.4 Å². The minimum absolute atomic E-state index is 0.0258. The van der Waals surface area contributed by atoms with Crippen molar-refractivity contribution in [3.8, 4) is 5.75 Å². The van der Waals surface area contributed by atoms with Crippen molar-refractivity contribution in [2.45, 2.75) is 19.8 Å². The summed E-state index contributed by atoms with van der Waals surface area (Å²) in [5.41, 5.74) is 1.20. The number of benzene rings is 2. The number of halogens is 1. The lowest BCUT2D eigenvalue weighted by Crippen LogP contribution is -2.32. The van der Waals surface area contributed by atoms with Gasteiger partial charge in [-0.05, 0) is 59.3 Å². The van der Waals surface area contributed by atoms with Crippen LogP contribution in [-0.4, -0.2) is 17.6 Å². The van der Waals surface area contributed by atoms with Gasteiger partial charge in [0.25, 0.3) is 5.91 Å². The smallest absolute Gasteiger partial charge is 0.262 e. The van der Waals surface area contributed by atoms with Crippen LogP contribution >= 0.6 is 22.6 Å². The van der Waals surface area contributed by atoms with Crippen LogP contribution in [0.2, 0.25) is 0 Å². The van der Waals surface area contributed by atoms with Crippen molar-refractivity contribution < 1.29 is 9.90 Å². The molecule has 1 N–H and O–H groups in total. The van der Waals surface area contributed by atoms with E-state index in [-0.39, 0.29) is 11.7 Å². The Bertz CT molecular complexity index is 613. The summed E-state index contributed by atoms with van der Waals surface area (Å²) in [5.74, 6) is -0.136. The molecule has 0 unspecified atom stereocenters. The first kappa shape index (κ1) is 15.8. The molecule has 0 heterocycles. The highest BCUT2D eigenvalue weighted by molar-refractivity contribution is 14.1. The average Bonchev–Trinajstić information content (AvgIpc) is 2.51. The van der Waals surface area contributed by atoms with Gasteiger partial charge >= 0.3 is 0 Å². The largest absolute Gasteiger partial charge is 0.507 e. The fourth-order valence-corrected chi connectivity index (χ4v) is 2.59. The van der Waals surface area contributed by atoms with Gasteiger partial charge in [-0.2, -0.15) is 0 Å². The van der Waals surface area contributed by atoms with Crippen LogP contribution in [0.4, 0.5) is 5.69 Å². The van der Waals surface area contributed by atoms with E-state index in [0.717, 1.165) is 22.1 Å². The van der Waals surface area contributed by atoms with Gasteiger partial charge in [-0.25, -0.2) is 0 Å². The number of phenols is 1. The molecule has 0 spiro atoms. The zero-order chi connectivity index (χ0) is 15.2. The molecule has 0 saturated carbocycles. The number of aromatic hydroxyl groups is 1. The van der Waals surface area contributed by atoms with E-state index in [1.807, 2.05) is 30.3 Å². The SMILES string of the molecule is CCCCN(C(=O)c1cc(I)ccc1O)c1ccccc1. The number of carbonyl (C=O) groups is 1. The van der Waals surface area contributed by atoms with E-state index in [0.29, 0.717) is 12.1 Å². The molecule has 0 fully saturated rings. The normalized spacial score (nSPS) is 10.4. The van der Waals surface area contributed by atoms with E-state index in [4.69, 9.17) is 0 Å². The monoisotopic (exact) mass is 395 g/mol. The maximum Gasteiger partial charge on any atom is 0.262 e. The van der Waals surface area contributed by atoms with E-state index in [9.17, 15) is 9.90 Å². The maximum absolute atomic E-state index is 12.8. The van der Waals surface area contributed by atoms with Gasteiger partial charge in [0, 0.05) is 15.8 Å². The van der Waals surface area contributed by atoms with Crippen molar-refractivity contribution >= 4 is 34.2 Å². The number of unbranched alkanes of at least 4 members (excludes halogenated alkanes) is 1. The van der Waals surface area contributed by atoms with Gasteiger partial charge in [-0.3, -0.25) is 4.79 Å². The summed E-state index contributed by atoms with van der Waals surface area (Å²) < 4.78 is 0.928. The fourth-order valence-electron chi connectivity index (χ4n) is 2.10. The van der Waals surface area contributed by atoms with Crippen LogP contribution in [0, 0.1) is 3.57 Å². The summed E-state index contributed by atoms with van der Waals surface area (Å²) in [4.78, 5) is 14.5. The van der Waals surface area contributed by atoms with Gasteiger partial charge in [0.15, 0.2) is 0 Å². The molecule has 21 heavy (non-hydrogen) atoms. The predicted molar refractivity (Wildman–Crippen MR) is 93.9 cm³/mol. The average molecular weight is 395 g/mol.